The minimum absolute atomic E-state index is 0.0193. The monoisotopic (exact) mass is 252 g/mol. The topological polar surface area (TPSA) is 49.4 Å². The highest BCUT2D eigenvalue weighted by atomic mass is 16.2. The highest BCUT2D eigenvalue weighted by molar-refractivity contribution is 6.00. The van der Waals surface area contributed by atoms with Crippen molar-refractivity contribution in [2.24, 2.45) is 5.41 Å². The fourth-order valence-corrected chi connectivity index (χ4v) is 3.40. The van der Waals surface area contributed by atoms with Crippen molar-refractivity contribution in [3.8, 4) is 0 Å². The van der Waals surface area contributed by atoms with Gasteiger partial charge in [-0.1, -0.05) is 33.6 Å². The van der Waals surface area contributed by atoms with Crippen molar-refractivity contribution in [2.45, 2.75) is 65.0 Å². The molecular formula is C14H24N2O2. The summed E-state index contributed by atoms with van der Waals surface area (Å²) in [5.74, 6) is 0.146. The van der Waals surface area contributed by atoms with Crippen molar-refractivity contribution in [2.75, 3.05) is 6.54 Å². The number of carbonyl (C=O) groups is 2. The van der Waals surface area contributed by atoms with Gasteiger partial charge in [0.25, 0.3) is 0 Å². The number of hydrogen-bond donors (Lipinski definition) is 1. The smallest absolute Gasteiger partial charge is 0.249 e. The van der Waals surface area contributed by atoms with Gasteiger partial charge in [-0.25, -0.2) is 0 Å². The number of hydrogen-bond acceptors (Lipinski definition) is 2. The first-order valence-electron chi connectivity index (χ1n) is 6.95. The lowest BCUT2D eigenvalue weighted by Crippen LogP contribution is -2.71. The quantitative estimate of drug-likeness (QED) is 0.772. The average Bonchev–Trinajstić information content (AvgIpc) is 2.70. The Morgan fingerprint density at radius 2 is 1.83 bits per heavy atom. The van der Waals surface area contributed by atoms with Crippen molar-refractivity contribution in [3.63, 3.8) is 0 Å². The van der Waals surface area contributed by atoms with Crippen molar-refractivity contribution < 1.29 is 9.59 Å². The molecule has 0 aromatic carbocycles. The predicted octanol–water partition coefficient (Wildman–Crippen LogP) is 1.69. The lowest BCUT2D eigenvalue weighted by atomic mass is 9.80. The molecule has 1 saturated carbocycles. The van der Waals surface area contributed by atoms with Gasteiger partial charge in [-0.2, -0.15) is 0 Å². The van der Waals surface area contributed by atoms with Crippen LogP contribution in [0, 0.1) is 5.41 Å². The third kappa shape index (κ3) is 1.91. The maximum atomic E-state index is 12.7. The number of rotatable bonds is 1. The fourth-order valence-electron chi connectivity index (χ4n) is 3.40. The molecule has 4 nitrogen and oxygen atoms in total. The van der Waals surface area contributed by atoms with Crippen LogP contribution >= 0.6 is 0 Å². The van der Waals surface area contributed by atoms with E-state index in [1.807, 2.05) is 27.7 Å². The molecule has 0 bridgehead atoms. The molecule has 2 aliphatic rings. The van der Waals surface area contributed by atoms with E-state index in [-0.39, 0.29) is 23.3 Å². The van der Waals surface area contributed by atoms with E-state index in [9.17, 15) is 9.59 Å². The second-order valence-electron chi connectivity index (χ2n) is 6.64. The zero-order valence-electron chi connectivity index (χ0n) is 11.9. The van der Waals surface area contributed by atoms with Crippen LogP contribution < -0.4 is 5.32 Å². The third-order valence-electron chi connectivity index (χ3n) is 4.21. The minimum Gasteiger partial charge on any atom is -0.340 e. The molecule has 4 heteroatoms. The van der Waals surface area contributed by atoms with Gasteiger partial charge in [0, 0.05) is 6.54 Å². The molecule has 2 amide bonds. The highest BCUT2D eigenvalue weighted by Crippen LogP contribution is 2.37. The second kappa shape index (κ2) is 4.25. The van der Waals surface area contributed by atoms with Crippen LogP contribution in [0.15, 0.2) is 0 Å². The molecule has 102 valence electrons. The van der Waals surface area contributed by atoms with E-state index in [0.29, 0.717) is 6.54 Å². The average molecular weight is 252 g/mol. The minimum atomic E-state index is -0.588. The van der Waals surface area contributed by atoms with E-state index in [4.69, 9.17) is 0 Å². The van der Waals surface area contributed by atoms with Gasteiger partial charge in [-0.05, 0) is 25.2 Å². The highest BCUT2D eigenvalue weighted by Gasteiger charge is 2.54. The molecule has 0 radical (unpaired) electrons. The van der Waals surface area contributed by atoms with Crippen LogP contribution in [-0.4, -0.2) is 34.8 Å². The molecule has 1 unspecified atom stereocenters. The van der Waals surface area contributed by atoms with Gasteiger partial charge in [0.15, 0.2) is 0 Å². The molecule has 18 heavy (non-hydrogen) atoms. The molecule has 1 N–H and O–H groups in total. The summed E-state index contributed by atoms with van der Waals surface area (Å²) in [5, 5.41) is 3.03. The maximum absolute atomic E-state index is 12.7. The summed E-state index contributed by atoms with van der Waals surface area (Å²) in [6.45, 7) is 8.60. The zero-order valence-corrected chi connectivity index (χ0v) is 11.9. The zero-order chi connectivity index (χ0) is 13.6. The van der Waals surface area contributed by atoms with Crippen LogP contribution in [0.2, 0.25) is 0 Å². The van der Waals surface area contributed by atoms with E-state index >= 15 is 0 Å². The van der Waals surface area contributed by atoms with Crippen LogP contribution in [0.25, 0.3) is 0 Å². The summed E-state index contributed by atoms with van der Waals surface area (Å²) >= 11 is 0. The molecule has 2 fully saturated rings. The van der Waals surface area contributed by atoms with Gasteiger partial charge in [0.2, 0.25) is 11.8 Å². The Hall–Kier alpha value is -1.06. The number of carbonyl (C=O) groups excluding carboxylic acids is 2. The van der Waals surface area contributed by atoms with Crippen molar-refractivity contribution in [1.82, 2.24) is 10.2 Å². The number of nitrogens with zero attached hydrogens (tertiary/aromatic N) is 1. The first-order chi connectivity index (χ1) is 8.32. The van der Waals surface area contributed by atoms with Gasteiger partial charge in [0.1, 0.15) is 11.6 Å². The van der Waals surface area contributed by atoms with Gasteiger partial charge in [-0.15, -0.1) is 0 Å². The van der Waals surface area contributed by atoms with Crippen LogP contribution in [0.5, 0.6) is 0 Å². The van der Waals surface area contributed by atoms with Crippen molar-refractivity contribution in [1.29, 1.82) is 0 Å². The SMILES string of the molecule is CCN1C(=O)C2(CCCC2)NC(=O)C1C(C)(C)C. The molecule has 1 saturated heterocycles. The van der Waals surface area contributed by atoms with Gasteiger partial charge >= 0.3 is 0 Å². The predicted molar refractivity (Wildman–Crippen MR) is 70.0 cm³/mol. The van der Waals surface area contributed by atoms with Gasteiger partial charge in [-0.3, -0.25) is 9.59 Å². The van der Waals surface area contributed by atoms with Crippen molar-refractivity contribution in [3.05, 3.63) is 0 Å². The number of piperazine rings is 1. The van der Waals surface area contributed by atoms with E-state index in [1.165, 1.54) is 0 Å². The lowest BCUT2D eigenvalue weighted by molar-refractivity contribution is -0.159. The molecule has 0 aromatic heterocycles. The molecular weight excluding hydrogens is 228 g/mol. The van der Waals surface area contributed by atoms with E-state index in [2.05, 4.69) is 5.32 Å². The van der Waals surface area contributed by atoms with Gasteiger partial charge in [0.05, 0.1) is 0 Å². The molecule has 1 heterocycles. The van der Waals surface area contributed by atoms with Crippen LogP contribution in [-0.2, 0) is 9.59 Å². The maximum Gasteiger partial charge on any atom is 0.249 e. The van der Waals surface area contributed by atoms with Crippen LogP contribution in [0.1, 0.15) is 53.4 Å². The summed E-state index contributed by atoms with van der Waals surface area (Å²) in [7, 11) is 0. The molecule has 1 atom stereocenters. The normalized spacial score (nSPS) is 27.8. The van der Waals surface area contributed by atoms with Gasteiger partial charge < -0.3 is 10.2 Å². The Kier molecular flexibility index (Phi) is 3.16. The summed E-state index contributed by atoms with van der Waals surface area (Å²) in [6, 6.07) is -0.346. The summed E-state index contributed by atoms with van der Waals surface area (Å²) in [4.78, 5) is 26.9. The Morgan fingerprint density at radius 3 is 2.28 bits per heavy atom. The Morgan fingerprint density at radius 1 is 1.28 bits per heavy atom. The third-order valence-corrected chi connectivity index (χ3v) is 4.21. The Labute approximate surface area is 109 Å². The summed E-state index contributed by atoms with van der Waals surface area (Å²) < 4.78 is 0. The second-order valence-corrected chi connectivity index (χ2v) is 6.64. The van der Waals surface area contributed by atoms with Crippen molar-refractivity contribution >= 4 is 11.8 Å². The number of amides is 2. The van der Waals surface area contributed by atoms with Crippen LogP contribution in [0.3, 0.4) is 0 Å². The molecule has 1 spiro atoms. The summed E-state index contributed by atoms with van der Waals surface area (Å²) in [6.07, 6.45) is 3.66. The fraction of sp³-hybridized carbons (Fsp3) is 0.857. The molecule has 0 aromatic rings. The van der Waals surface area contributed by atoms with E-state index in [0.717, 1.165) is 25.7 Å². The molecule has 2 rings (SSSR count). The Bertz CT molecular complexity index is 364. The molecule has 1 aliphatic carbocycles. The number of nitrogens with one attached hydrogen (secondary N) is 1. The number of likely N-dealkylation sites (N-methyl/N-ethyl adjacent to an activating group) is 1. The van der Waals surface area contributed by atoms with E-state index < -0.39 is 5.54 Å². The lowest BCUT2D eigenvalue weighted by Gasteiger charge is -2.48. The largest absolute Gasteiger partial charge is 0.340 e. The standard InChI is InChI=1S/C14H24N2O2/c1-5-16-10(13(2,3)4)11(17)15-14(12(16)18)8-6-7-9-14/h10H,5-9H2,1-4H3,(H,15,17). The van der Waals surface area contributed by atoms with E-state index in [1.54, 1.807) is 4.90 Å². The molecule has 1 aliphatic heterocycles. The first kappa shape index (κ1) is 13.4. The first-order valence-corrected chi connectivity index (χ1v) is 6.95. The summed E-state index contributed by atoms with van der Waals surface area (Å²) in [5.41, 5.74) is -0.815. The van der Waals surface area contributed by atoms with Crippen LogP contribution in [0.4, 0.5) is 0 Å². The Balaban J connectivity index is 2.35.